The van der Waals surface area contributed by atoms with E-state index in [-0.39, 0.29) is 11.4 Å². The predicted molar refractivity (Wildman–Crippen MR) is 91.3 cm³/mol. The fraction of sp³-hybridized carbons (Fsp3) is 0.353. The summed E-state index contributed by atoms with van der Waals surface area (Å²) in [6, 6.07) is -0.218. The van der Waals surface area contributed by atoms with E-state index in [9.17, 15) is 4.79 Å². The summed E-state index contributed by atoms with van der Waals surface area (Å²) in [7, 11) is 1.58. The number of rotatable bonds is 0. The molecule has 0 bridgehead atoms. The molecule has 2 N–H and O–H groups in total. The fourth-order valence-electron chi connectivity index (χ4n) is 2.63. The average Bonchev–Trinajstić information content (AvgIpc) is 2.63. The van der Waals surface area contributed by atoms with Crippen LogP contribution < -0.4 is 5.84 Å². The number of allylic oxidation sites excluding steroid dienone is 6. The van der Waals surface area contributed by atoms with Crippen LogP contribution in [0.25, 0.3) is 0 Å². The summed E-state index contributed by atoms with van der Waals surface area (Å²) in [6.07, 6.45) is 14.7. The highest BCUT2D eigenvalue weighted by Gasteiger charge is 2.33. The second-order valence-corrected chi connectivity index (χ2v) is 7.39. The number of carbonyl (C=O) groups excluding carboxylic acids is 1. The molecule has 0 aromatic heterocycles. The molecule has 1 aliphatic heterocycles. The maximum atomic E-state index is 12.6. The van der Waals surface area contributed by atoms with Gasteiger partial charge in [0.05, 0.1) is 11.4 Å². The Hall–Kier alpha value is -1.72. The molecule has 2 aliphatic carbocycles. The Balaban J connectivity index is 2.14. The Labute approximate surface area is 135 Å². The van der Waals surface area contributed by atoms with Crippen molar-refractivity contribution < 1.29 is 4.79 Å². The molecule has 0 unspecified atom stereocenters. The lowest BCUT2D eigenvalue weighted by Gasteiger charge is -2.35. The van der Waals surface area contributed by atoms with Crippen molar-refractivity contribution >= 4 is 17.8 Å². The molecule has 4 nitrogen and oxygen atoms in total. The maximum absolute atomic E-state index is 12.6. The minimum Gasteiger partial charge on any atom is -0.265 e. The minimum atomic E-state index is -0.218. The Kier molecular flexibility index (Phi) is 3.78. The molecular formula is C17H21N3OS. The van der Waals surface area contributed by atoms with Crippen LogP contribution in [0.15, 0.2) is 57.7 Å². The van der Waals surface area contributed by atoms with Crippen LogP contribution in [0.1, 0.15) is 26.7 Å². The highest BCUT2D eigenvalue weighted by Crippen LogP contribution is 2.46. The topological polar surface area (TPSA) is 49.6 Å². The monoisotopic (exact) mass is 315 g/mol. The first-order valence-electron chi connectivity index (χ1n) is 7.43. The van der Waals surface area contributed by atoms with Gasteiger partial charge >= 0.3 is 6.03 Å². The number of nitrogens with two attached hydrogens (primary N) is 1. The number of fused-ring (bicyclic) bond motifs is 1. The van der Waals surface area contributed by atoms with Gasteiger partial charge in [0.1, 0.15) is 0 Å². The Morgan fingerprint density at radius 2 is 1.95 bits per heavy atom. The van der Waals surface area contributed by atoms with Crippen molar-refractivity contribution in [2.24, 2.45) is 11.3 Å². The molecule has 0 radical (unpaired) electrons. The lowest BCUT2D eigenvalue weighted by molar-refractivity contribution is 0.188. The van der Waals surface area contributed by atoms with Crippen LogP contribution in [0.5, 0.6) is 0 Å². The third-order valence-corrected chi connectivity index (χ3v) is 5.03. The molecule has 22 heavy (non-hydrogen) atoms. The van der Waals surface area contributed by atoms with Crippen molar-refractivity contribution in [3.05, 3.63) is 57.7 Å². The van der Waals surface area contributed by atoms with Gasteiger partial charge < -0.3 is 0 Å². The van der Waals surface area contributed by atoms with Crippen molar-refractivity contribution in [2.75, 3.05) is 7.05 Å². The molecule has 116 valence electrons. The second-order valence-electron chi connectivity index (χ2n) is 6.30. The van der Waals surface area contributed by atoms with Gasteiger partial charge in [-0.25, -0.2) is 10.6 Å². The lowest BCUT2D eigenvalue weighted by atomic mass is 9.93. The first-order valence-corrected chi connectivity index (χ1v) is 8.24. The van der Waals surface area contributed by atoms with E-state index in [4.69, 9.17) is 5.84 Å². The highest BCUT2D eigenvalue weighted by atomic mass is 32.2. The van der Waals surface area contributed by atoms with E-state index >= 15 is 0 Å². The number of hydrazine groups is 1. The maximum Gasteiger partial charge on any atom is 0.343 e. The summed E-state index contributed by atoms with van der Waals surface area (Å²) in [5.74, 6) is 5.73. The van der Waals surface area contributed by atoms with Crippen LogP contribution in [0.2, 0.25) is 0 Å². The van der Waals surface area contributed by atoms with E-state index in [0.717, 1.165) is 39.1 Å². The Bertz CT molecular complexity index is 665. The summed E-state index contributed by atoms with van der Waals surface area (Å²) >= 11 is 1.73. The van der Waals surface area contributed by atoms with Crippen molar-refractivity contribution in [3.63, 3.8) is 0 Å². The van der Waals surface area contributed by atoms with Gasteiger partial charge in [-0.15, -0.1) is 0 Å². The number of amides is 2. The van der Waals surface area contributed by atoms with Gasteiger partial charge in [0.2, 0.25) is 0 Å². The number of nitrogens with zero attached hydrogens (tertiary/aromatic N) is 2. The Morgan fingerprint density at radius 3 is 2.68 bits per heavy atom. The third kappa shape index (κ3) is 2.66. The van der Waals surface area contributed by atoms with Crippen molar-refractivity contribution in [1.82, 2.24) is 9.91 Å². The molecule has 1 heterocycles. The third-order valence-electron chi connectivity index (χ3n) is 3.87. The van der Waals surface area contributed by atoms with E-state index in [2.05, 4.69) is 44.2 Å². The predicted octanol–water partition coefficient (Wildman–Crippen LogP) is 3.89. The van der Waals surface area contributed by atoms with E-state index < -0.39 is 0 Å². The number of carbonyl (C=O) groups is 1. The SMILES string of the molecule is CN(N)C(=O)N1C2=CCCC=C2SC2=C1C=CC(C)(C)C=C2. The van der Waals surface area contributed by atoms with E-state index in [1.165, 1.54) is 0 Å². The Morgan fingerprint density at radius 1 is 1.27 bits per heavy atom. The molecule has 0 aromatic rings. The highest BCUT2D eigenvalue weighted by molar-refractivity contribution is 8.07. The van der Waals surface area contributed by atoms with Gasteiger partial charge in [-0.2, -0.15) is 0 Å². The van der Waals surface area contributed by atoms with Gasteiger partial charge in [0.15, 0.2) is 0 Å². The van der Waals surface area contributed by atoms with Crippen LogP contribution >= 0.6 is 11.8 Å². The van der Waals surface area contributed by atoms with Crippen molar-refractivity contribution in [1.29, 1.82) is 0 Å². The van der Waals surface area contributed by atoms with Crippen molar-refractivity contribution in [3.8, 4) is 0 Å². The van der Waals surface area contributed by atoms with Crippen molar-refractivity contribution in [2.45, 2.75) is 26.7 Å². The zero-order chi connectivity index (χ0) is 15.9. The summed E-state index contributed by atoms with van der Waals surface area (Å²) in [6.45, 7) is 4.30. The van der Waals surface area contributed by atoms with Crippen LogP contribution in [-0.2, 0) is 0 Å². The van der Waals surface area contributed by atoms with E-state index in [0.29, 0.717) is 0 Å². The first-order chi connectivity index (χ1) is 10.4. The number of urea groups is 1. The zero-order valence-electron chi connectivity index (χ0n) is 13.2. The molecule has 2 amide bonds. The quantitative estimate of drug-likeness (QED) is 0.419. The zero-order valence-corrected chi connectivity index (χ0v) is 14.0. The molecule has 0 fully saturated rings. The van der Waals surface area contributed by atoms with Gasteiger partial charge in [0, 0.05) is 22.3 Å². The van der Waals surface area contributed by atoms with Crippen LogP contribution in [-0.4, -0.2) is 23.0 Å². The molecule has 0 atom stereocenters. The minimum absolute atomic E-state index is 0.0326. The molecule has 0 saturated carbocycles. The second kappa shape index (κ2) is 5.48. The van der Waals surface area contributed by atoms with Gasteiger partial charge in [-0.05, 0) is 25.0 Å². The molecule has 5 heteroatoms. The van der Waals surface area contributed by atoms with Gasteiger partial charge in [0.25, 0.3) is 0 Å². The van der Waals surface area contributed by atoms with Gasteiger partial charge in [-0.3, -0.25) is 9.91 Å². The first kappa shape index (κ1) is 15.2. The van der Waals surface area contributed by atoms with E-state index in [1.54, 1.807) is 23.7 Å². The molecule has 0 aromatic carbocycles. The number of hydrogen-bond donors (Lipinski definition) is 1. The molecule has 3 aliphatic rings. The molecular weight excluding hydrogens is 294 g/mol. The fourth-order valence-corrected chi connectivity index (χ4v) is 3.74. The smallest absolute Gasteiger partial charge is 0.265 e. The summed E-state index contributed by atoms with van der Waals surface area (Å²) in [5, 5.41) is 1.14. The van der Waals surface area contributed by atoms with E-state index in [1.807, 2.05) is 6.08 Å². The summed E-state index contributed by atoms with van der Waals surface area (Å²) in [5.41, 5.74) is 1.82. The largest absolute Gasteiger partial charge is 0.343 e. The number of thioether (sulfide) groups is 1. The number of hydrogen-bond acceptors (Lipinski definition) is 3. The average molecular weight is 315 g/mol. The van der Waals surface area contributed by atoms with Gasteiger partial charge in [-0.1, -0.05) is 49.9 Å². The molecule has 3 rings (SSSR count). The van der Waals surface area contributed by atoms with Crippen LogP contribution in [0.4, 0.5) is 4.79 Å². The molecule has 0 spiro atoms. The molecule has 0 saturated heterocycles. The normalized spacial score (nSPS) is 22.5. The van der Waals surface area contributed by atoms with Crippen LogP contribution in [0.3, 0.4) is 0 Å². The summed E-state index contributed by atoms with van der Waals surface area (Å²) in [4.78, 5) is 16.6. The summed E-state index contributed by atoms with van der Waals surface area (Å²) < 4.78 is 0. The van der Waals surface area contributed by atoms with Crippen LogP contribution in [0, 0.1) is 5.41 Å². The standard InChI is InChI=1S/C17H21N3OS/c1-17(2)10-8-13-15(9-11-17)22-14-7-5-4-6-12(14)20(13)16(21)19(3)18/h6-11H,4-5,18H2,1-3H3. The lowest BCUT2D eigenvalue weighted by Crippen LogP contribution is -2.44.